The van der Waals surface area contributed by atoms with Gasteiger partial charge in [-0.3, -0.25) is 0 Å². The molecule has 0 aliphatic carbocycles. The average Bonchev–Trinajstić information content (AvgIpc) is 3.08. The van der Waals surface area contributed by atoms with Crippen LogP contribution in [0.2, 0.25) is 0 Å². The van der Waals surface area contributed by atoms with Crippen molar-refractivity contribution in [1.29, 1.82) is 0 Å². The van der Waals surface area contributed by atoms with E-state index in [0.717, 1.165) is 43.0 Å². The number of nitrogens with one attached hydrogen (secondary N) is 1. The summed E-state index contributed by atoms with van der Waals surface area (Å²) in [5, 5.41) is 22.2. The summed E-state index contributed by atoms with van der Waals surface area (Å²) < 4.78 is 2.22. The van der Waals surface area contributed by atoms with Gasteiger partial charge in [0, 0.05) is 24.6 Å². The first-order valence-corrected chi connectivity index (χ1v) is 7.66. The van der Waals surface area contributed by atoms with Crippen molar-refractivity contribution >= 4 is 0 Å². The number of hydrogen-bond donors (Lipinski definition) is 2. The maximum absolute atomic E-state index is 10.0. The number of aryl methyl sites for hydroxylation is 1. The molecule has 2 heterocycles. The minimum atomic E-state index is 0.105. The molecular weight excluding hydrogens is 264 g/mol. The molecule has 0 bridgehead atoms. The van der Waals surface area contributed by atoms with E-state index in [-0.39, 0.29) is 12.1 Å². The molecule has 1 aliphatic heterocycles. The van der Waals surface area contributed by atoms with Crippen molar-refractivity contribution in [2.75, 3.05) is 0 Å². The third kappa shape index (κ3) is 2.65. The van der Waals surface area contributed by atoms with Crippen molar-refractivity contribution in [1.82, 2.24) is 20.1 Å². The topological polar surface area (TPSA) is 63.0 Å². The molecule has 1 aromatic heterocycles. The molecule has 0 radical (unpaired) electrons. The van der Waals surface area contributed by atoms with E-state index >= 15 is 0 Å². The largest absolute Gasteiger partial charge is 0.508 e. The van der Waals surface area contributed by atoms with Crippen LogP contribution in [0, 0.1) is 0 Å². The van der Waals surface area contributed by atoms with Crippen molar-refractivity contribution in [3.63, 3.8) is 0 Å². The first-order valence-electron chi connectivity index (χ1n) is 7.66. The van der Waals surface area contributed by atoms with Crippen LogP contribution in [0.1, 0.15) is 56.0 Å². The Balaban J connectivity index is 1.79. The fourth-order valence-electron chi connectivity index (χ4n) is 3.08. The molecule has 0 spiro atoms. The average molecular weight is 286 g/mol. The van der Waals surface area contributed by atoms with E-state index in [4.69, 9.17) is 0 Å². The number of phenolic OH excluding ortho intramolecular Hbond substituents is 1. The maximum atomic E-state index is 10.0. The van der Waals surface area contributed by atoms with Gasteiger partial charge in [0.05, 0.1) is 6.04 Å². The van der Waals surface area contributed by atoms with Crippen molar-refractivity contribution in [3.8, 4) is 5.75 Å². The standard InChI is InChI=1S/C16H22N4O/c1-3-13(12-7-4-5-8-14(12)21)17-11(2)16-19-18-15-9-6-10-20(15)16/h4-5,7-8,11,13,17,21H,3,6,9-10H2,1-2H3. The summed E-state index contributed by atoms with van der Waals surface area (Å²) in [6.45, 7) is 5.24. The molecular formula is C16H22N4O. The van der Waals surface area contributed by atoms with E-state index in [1.165, 1.54) is 0 Å². The summed E-state index contributed by atoms with van der Waals surface area (Å²) in [4.78, 5) is 0. The first kappa shape index (κ1) is 14.1. The Morgan fingerprint density at radius 3 is 2.90 bits per heavy atom. The van der Waals surface area contributed by atoms with Gasteiger partial charge in [-0.15, -0.1) is 10.2 Å². The number of benzene rings is 1. The molecule has 0 saturated carbocycles. The number of nitrogens with zero attached hydrogens (tertiary/aromatic N) is 3. The Bertz CT molecular complexity index is 622. The van der Waals surface area contributed by atoms with Crippen LogP contribution in [-0.4, -0.2) is 19.9 Å². The van der Waals surface area contributed by atoms with Crippen molar-refractivity contribution < 1.29 is 5.11 Å². The number of rotatable bonds is 5. The Kier molecular flexibility index (Phi) is 3.92. The molecule has 5 nitrogen and oxygen atoms in total. The molecule has 0 fully saturated rings. The molecule has 2 unspecified atom stereocenters. The van der Waals surface area contributed by atoms with Gasteiger partial charge in [-0.25, -0.2) is 0 Å². The fraction of sp³-hybridized carbons (Fsp3) is 0.500. The third-order valence-corrected chi connectivity index (χ3v) is 4.20. The highest BCUT2D eigenvalue weighted by atomic mass is 16.3. The number of fused-ring (bicyclic) bond motifs is 1. The van der Waals surface area contributed by atoms with Crippen LogP contribution >= 0.6 is 0 Å². The summed E-state index contributed by atoms with van der Waals surface area (Å²) >= 11 is 0. The molecule has 2 atom stereocenters. The highest BCUT2D eigenvalue weighted by Gasteiger charge is 2.23. The quantitative estimate of drug-likeness (QED) is 0.887. The van der Waals surface area contributed by atoms with Gasteiger partial charge < -0.3 is 15.0 Å². The van der Waals surface area contributed by atoms with Crippen molar-refractivity contribution in [3.05, 3.63) is 41.5 Å². The van der Waals surface area contributed by atoms with E-state index in [9.17, 15) is 5.11 Å². The zero-order chi connectivity index (χ0) is 14.8. The highest BCUT2D eigenvalue weighted by Crippen LogP contribution is 2.28. The van der Waals surface area contributed by atoms with Crippen LogP contribution in [-0.2, 0) is 13.0 Å². The molecule has 1 aromatic carbocycles. The number of hydrogen-bond acceptors (Lipinski definition) is 4. The predicted octanol–water partition coefficient (Wildman–Crippen LogP) is 2.73. The van der Waals surface area contributed by atoms with Crippen LogP contribution in [0.3, 0.4) is 0 Å². The maximum Gasteiger partial charge on any atom is 0.149 e. The Hall–Kier alpha value is -1.88. The van der Waals surface area contributed by atoms with Crippen LogP contribution in [0.15, 0.2) is 24.3 Å². The van der Waals surface area contributed by atoms with Gasteiger partial charge in [0.25, 0.3) is 0 Å². The second kappa shape index (κ2) is 5.85. The normalized spacial score (nSPS) is 16.7. The first-order chi connectivity index (χ1) is 10.2. The second-order valence-corrected chi connectivity index (χ2v) is 5.64. The molecule has 0 saturated heterocycles. The van der Waals surface area contributed by atoms with Crippen LogP contribution in [0.4, 0.5) is 0 Å². The summed E-state index contributed by atoms with van der Waals surface area (Å²) in [5.41, 5.74) is 0.938. The SMILES string of the molecule is CCC(NC(C)c1nnc2n1CCC2)c1ccccc1O. The predicted molar refractivity (Wildman–Crippen MR) is 81.0 cm³/mol. The van der Waals surface area contributed by atoms with Gasteiger partial charge in [-0.05, 0) is 25.8 Å². The zero-order valence-corrected chi connectivity index (χ0v) is 12.6. The number of phenols is 1. The van der Waals surface area contributed by atoms with Gasteiger partial charge in [0.15, 0.2) is 0 Å². The summed E-state index contributed by atoms with van der Waals surface area (Å²) in [6.07, 6.45) is 3.08. The summed E-state index contributed by atoms with van der Waals surface area (Å²) in [7, 11) is 0. The molecule has 5 heteroatoms. The highest BCUT2D eigenvalue weighted by molar-refractivity contribution is 5.34. The second-order valence-electron chi connectivity index (χ2n) is 5.64. The zero-order valence-electron chi connectivity index (χ0n) is 12.6. The van der Waals surface area contributed by atoms with Crippen LogP contribution in [0.5, 0.6) is 5.75 Å². The molecule has 2 aromatic rings. The molecule has 112 valence electrons. The van der Waals surface area contributed by atoms with E-state index in [1.807, 2.05) is 18.2 Å². The minimum Gasteiger partial charge on any atom is -0.508 e. The Morgan fingerprint density at radius 1 is 1.33 bits per heavy atom. The molecule has 21 heavy (non-hydrogen) atoms. The van der Waals surface area contributed by atoms with Crippen molar-refractivity contribution in [2.24, 2.45) is 0 Å². The van der Waals surface area contributed by atoms with Crippen molar-refractivity contribution in [2.45, 2.75) is 51.7 Å². The van der Waals surface area contributed by atoms with E-state index in [0.29, 0.717) is 5.75 Å². The lowest BCUT2D eigenvalue weighted by atomic mass is 10.0. The smallest absolute Gasteiger partial charge is 0.149 e. The lowest BCUT2D eigenvalue weighted by Crippen LogP contribution is -2.26. The van der Waals surface area contributed by atoms with Gasteiger partial charge >= 0.3 is 0 Å². The molecule has 1 aliphatic rings. The molecule has 2 N–H and O–H groups in total. The van der Waals surface area contributed by atoms with Crippen LogP contribution < -0.4 is 5.32 Å². The Labute approximate surface area is 125 Å². The lowest BCUT2D eigenvalue weighted by Gasteiger charge is -2.23. The third-order valence-electron chi connectivity index (χ3n) is 4.20. The minimum absolute atomic E-state index is 0.105. The van der Waals surface area contributed by atoms with Gasteiger partial charge in [0.2, 0.25) is 0 Å². The fourth-order valence-corrected chi connectivity index (χ4v) is 3.08. The summed E-state index contributed by atoms with van der Waals surface area (Å²) in [5.74, 6) is 2.43. The lowest BCUT2D eigenvalue weighted by molar-refractivity contribution is 0.406. The van der Waals surface area contributed by atoms with E-state index in [2.05, 4.69) is 33.9 Å². The van der Waals surface area contributed by atoms with E-state index < -0.39 is 0 Å². The monoisotopic (exact) mass is 286 g/mol. The number of aromatic hydroxyl groups is 1. The van der Waals surface area contributed by atoms with E-state index in [1.54, 1.807) is 6.07 Å². The Morgan fingerprint density at radius 2 is 2.14 bits per heavy atom. The number of aromatic nitrogens is 3. The van der Waals surface area contributed by atoms with Gasteiger partial charge in [-0.2, -0.15) is 0 Å². The number of para-hydroxylation sites is 1. The summed E-state index contributed by atoms with van der Waals surface area (Å²) in [6, 6.07) is 7.72. The molecule has 0 amide bonds. The van der Waals surface area contributed by atoms with Gasteiger partial charge in [-0.1, -0.05) is 25.1 Å². The molecule has 3 rings (SSSR count). The van der Waals surface area contributed by atoms with Crippen LogP contribution in [0.25, 0.3) is 0 Å². The van der Waals surface area contributed by atoms with Gasteiger partial charge in [0.1, 0.15) is 17.4 Å².